The lowest BCUT2D eigenvalue weighted by atomic mass is 9.81. The number of aromatic nitrogens is 3. The van der Waals surface area contributed by atoms with Gasteiger partial charge >= 0.3 is 0 Å². The number of pyridine rings is 1. The number of hydrogen-bond acceptors (Lipinski definition) is 4. The Kier molecular flexibility index (Phi) is 4.00. The second-order valence-electron chi connectivity index (χ2n) is 8.39. The van der Waals surface area contributed by atoms with E-state index in [1.165, 1.54) is 6.07 Å². The van der Waals surface area contributed by atoms with Gasteiger partial charge < -0.3 is 9.32 Å². The molecule has 3 aromatic heterocycles. The van der Waals surface area contributed by atoms with Gasteiger partial charge in [-0.15, -0.1) is 0 Å². The van der Waals surface area contributed by atoms with E-state index >= 15 is 0 Å². The van der Waals surface area contributed by atoms with Crippen molar-refractivity contribution in [2.45, 2.75) is 37.8 Å². The van der Waals surface area contributed by atoms with Crippen LogP contribution in [0.1, 0.15) is 46.9 Å². The summed E-state index contributed by atoms with van der Waals surface area (Å²) in [5, 5.41) is 4.81. The first kappa shape index (κ1) is 18.3. The van der Waals surface area contributed by atoms with Gasteiger partial charge in [0, 0.05) is 36.5 Å². The molecule has 156 valence electrons. The van der Waals surface area contributed by atoms with Gasteiger partial charge in [0.05, 0.1) is 29.3 Å². The number of amides is 1. The van der Waals surface area contributed by atoms with E-state index in [1.54, 1.807) is 36.7 Å². The minimum atomic E-state index is -0.263. The van der Waals surface area contributed by atoms with E-state index < -0.39 is 0 Å². The van der Waals surface area contributed by atoms with Crippen LogP contribution in [0.5, 0.6) is 0 Å². The average Bonchev–Trinajstić information content (AvgIpc) is 3.36. The highest BCUT2D eigenvalue weighted by Crippen LogP contribution is 2.45. The summed E-state index contributed by atoms with van der Waals surface area (Å²) in [7, 11) is 1.89. The van der Waals surface area contributed by atoms with Crippen molar-refractivity contribution in [1.29, 1.82) is 0 Å². The first-order chi connectivity index (χ1) is 15.1. The molecule has 0 radical (unpaired) electrons. The smallest absolute Gasteiger partial charge is 0.256 e. The fourth-order valence-electron chi connectivity index (χ4n) is 5.26. The second-order valence-corrected chi connectivity index (χ2v) is 8.39. The highest BCUT2D eigenvalue weighted by molar-refractivity contribution is 5.97. The van der Waals surface area contributed by atoms with Gasteiger partial charge in [0.25, 0.3) is 5.91 Å². The topological polar surface area (TPSA) is 64.2 Å². The Morgan fingerprint density at radius 2 is 2.13 bits per heavy atom. The molecule has 1 aromatic carbocycles. The lowest BCUT2D eigenvalue weighted by molar-refractivity contribution is 0.0391. The molecule has 2 atom stereocenters. The molecule has 6 nitrogen and oxygen atoms in total. The number of nitrogens with zero attached hydrogens (tertiary/aromatic N) is 4. The molecule has 4 aromatic rings. The molecule has 5 heterocycles. The number of benzene rings is 1. The Morgan fingerprint density at radius 1 is 1.23 bits per heavy atom. The Balaban J connectivity index is 1.43. The van der Waals surface area contributed by atoms with Crippen molar-refractivity contribution in [3.8, 4) is 11.3 Å². The standard InChI is InChI=1S/C24H21FN4O2/c1-28-23(14-4-2-5-16(25)10-14)18-12-17-6-3-7-20(22(18)27-28)29(17)24(30)15-11-21-19(26-13-15)8-9-31-21/h2,4-5,8-11,13,17,20H,3,6-7,12H2,1H3/t17?,20-/m0/s1. The third-order valence-corrected chi connectivity index (χ3v) is 6.56. The number of carbonyl (C=O) groups excluding carboxylic acids is 1. The third-order valence-electron chi connectivity index (χ3n) is 6.56. The van der Waals surface area contributed by atoms with Gasteiger partial charge in [-0.2, -0.15) is 5.10 Å². The minimum Gasteiger partial charge on any atom is -0.463 e. The van der Waals surface area contributed by atoms with E-state index in [0.717, 1.165) is 47.3 Å². The molecular formula is C24H21FN4O2. The maximum Gasteiger partial charge on any atom is 0.256 e. The van der Waals surface area contributed by atoms with Crippen LogP contribution in [-0.4, -0.2) is 31.6 Å². The van der Waals surface area contributed by atoms with Gasteiger partial charge in [-0.05, 0) is 43.9 Å². The molecule has 0 N–H and O–H groups in total. The number of rotatable bonds is 2. The Hall–Kier alpha value is -3.48. The van der Waals surface area contributed by atoms with Crippen molar-refractivity contribution < 1.29 is 13.6 Å². The van der Waals surface area contributed by atoms with E-state index in [2.05, 4.69) is 4.98 Å². The lowest BCUT2D eigenvalue weighted by Gasteiger charge is -2.45. The lowest BCUT2D eigenvalue weighted by Crippen LogP contribution is -2.49. The zero-order chi connectivity index (χ0) is 21.1. The molecule has 2 aliphatic rings. The van der Waals surface area contributed by atoms with Crippen molar-refractivity contribution in [2.75, 3.05) is 0 Å². The Morgan fingerprint density at radius 3 is 3.00 bits per heavy atom. The van der Waals surface area contributed by atoms with Crippen molar-refractivity contribution >= 4 is 17.0 Å². The van der Waals surface area contributed by atoms with Gasteiger partial charge in [-0.3, -0.25) is 14.5 Å². The molecule has 1 unspecified atom stereocenters. The van der Waals surface area contributed by atoms with Crippen LogP contribution in [0.4, 0.5) is 4.39 Å². The summed E-state index contributed by atoms with van der Waals surface area (Å²) in [6.07, 6.45) is 6.78. The van der Waals surface area contributed by atoms with Gasteiger partial charge in [0.15, 0.2) is 5.58 Å². The van der Waals surface area contributed by atoms with Crippen molar-refractivity contribution in [3.05, 3.63) is 71.5 Å². The average molecular weight is 416 g/mol. The summed E-state index contributed by atoms with van der Waals surface area (Å²) in [4.78, 5) is 19.9. The fourth-order valence-corrected chi connectivity index (χ4v) is 5.26. The molecule has 2 bridgehead atoms. The number of aryl methyl sites for hydroxylation is 1. The van der Waals surface area contributed by atoms with Crippen molar-refractivity contribution in [2.24, 2.45) is 7.05 Å². The molecule has 6 rings (SSSR count). The van der Waals surface area contributed by atoms with Crippen LogP contribution in [0.3, 0.4) is 0 Å². The molecule has 0 spiro atoms. The first-order valence-corrected chi connectivity index (χ1v) is 10.6. The van der Waals surface area contributed by atoms with Crippen molar-refractivity contribution in [3.63, 3.8) is 0 Å². The minimum absolute atomic E-state index is 0.0379. The highest BCUT2D eigenvalue weighted by atomic mass is 19.1. The molecule has 0 aliphatic carbocycles. The normalized spacial score (nSPS) is 20.1. The van der Waals surface area contributed by atoms with E-state index in [4.69, 9.17) is 9.52 Å². The van der Waals surface area contributed by atoms with Gasteiger partial charge in [-0.25, -0.2) is 4.39 Å². The molecule has 0 saturated carbocycles. The Bertz CT molecular complexity index is 1320. The number of piperidine rings is 1. The van der Waals surface area contributed by atoms with Crippen LogP contribution in [0, 0.1) is 5.82 Å². The van der Waals surface area contributed by atoms with Crippen LogP contribution >= 0.6 is 0 Å². The summed E-state index contributed by atoms with van der Waals surface area (Å²) in [6, 6.07) is 10.2. The largest absolute Gasteiger partial charge is 0.463 e. The van der Waals surface area contributed by atoms with E-state index in [1.807, 2.05) is 22.7 Å². The Labute approximate surface area is 178 Å². The number of hydrogen-bond donors (Lipinski definition) is 0. The second kappa shape index (κ2) is 6.77. The predicted octanol–water partition coefficient (Wildman–Crippen LogP) is 4.66. The van der Waals surface area contributed by atoms with Gasteiger partial charge in [0.2, 0.25) is 0 Å². The maximum atomic E-state index is 13.9. The van der Waals surface area contributed by atoms with Crippen LogP contribution in [-0.2, 0) is 13.5 Å². The summed E-state index contributed by atoms with van der Waals surface area (Å²) >= 11 is 0. The number of carbonyl (C=O) groups is 1. The zero-order valence-electron chi connectivity index (χ0n) is 17.1. The molecule has 7 heteroatoms. The summed E-state index contributed by atoms with van der Waals surface area (Å²) < 4.78 is 21.2. The SMILES string of the molecule is Cn1nc2c(c1-c1cccc(F)c1)CC1CCC[C@@H]2N1C(=O)c1cnc2ccoc2c1. The number of fused-ring (bicyclic) bond motifs is 5. The summed E-state index contributed by atoms with van der Waals surface area (Å²) in [6.45, 7) is 0. The number of furan rings is 1. The molecular weight excluding hydrogens is 395 g/mol. The molecule has 1 amide bonds. The maximum absolute atomic E-state index is 13.9. The summed E-state index contributed by atoms with van der Waals surface area (Å²) in [5.41, 5.74) is 5.70. The van der Waals surface area contributed by atoms with Gasteiger partial charge in [0.1, 0.15) is 11.3 Å². The van der Waals surface area contributed by atoms with Crippen LogP contribution < -0.4 is 0 Å². The van der Waals surface area contributed by atoms with Gasteiger partial charge in [-0.1, -0.05) is 12.1 Å². The number of halogens is 1. The zero-order valence-corrected chi connectivity index (χ0v) is 17.1. The first-order valence-electron chi connectivity index (χ1n) is 10.6. The molecule has 1 fully saturated rings. The van der Waals surface area contributed by atoms with E-state index in [9.17, 15) is 9.18 Å². The third kappa shape index (κ3) is 2.80. The van der Waals surface area contributed by atoms with E-state index in [-0.39, 0.29) is 23.8 Å². The monoisotopic (exact) mass is 416 g/mol. The van der Waals surface area contributed by atoms with Crippen molar-refractivity contribution in [1.82, 2.24) is 19.7 Å². The summed E-state index contributed by atoms with van der Waals surface area (Å²) in [5.74, 6) is -0.301. The highest BCUT2D eigenvalue weighted by Gasteiger charge is 2.43. The van der Waals surface area contributed by atoms with Crippen LogP contribution in [0.2, 0.25) is 0 Å². The quantitative estimate of drug-likeness (QED) is 0.477. The predicted molar refractivity (Wildman–Crippen MR) is 113 cm³/mol. The van der Waals surface area contributed by atoms with Crippen LogP contribution in [0.25, 0.3) is 22.4 Å². The molecule has 31 heavy (non-hydrogen) atoms. The fraction of sp³-hybridized carbons (Fsp3) is 0.292. The molecule has 1 saturated heterocycles. The molecule has 2 aliphatic heterocycles. The van der Waals surface area contributed by atoms with E-state index in [0.29, 0.717) is 17.6 Å². The van der Waals surface area contributed by atoms with Crippen LogP contribution in [0.15, 0.2) is 53.3 Å².